The fourth-order valence-electron chi connectivity index (χ4n) is 4.56. The van der Waals surface area contributed by atoms with Crippen molar-refractivity contribution in [3.05, 3.63) is 102 Å². The Labute approximate surface area is 221 Å². The smallest absolute Gasteiger partial charge is 0.338 e. The number of carbonyl (C=O) groups excluding carboxylic acids is 1. The van der Waals surface area contributed by atoms with Crippen LogP contribution in [0.2, 0.25) is 5.02 Å². The van der Waals surface area contributed by atoms with E-state index >= 15 is 0 Å². The number of rotatable bonds is 5. The Morgan fingerprint density at radius 3 is 2.73 bits per heavy atom. The number of phenolic OH excluding ortho intramolecular Hbond substituents is 1. The maximum Gasteiger partial charge on any atom is 0.338 e. The van der Waals surface area contributed by atoms with Crippen LogP contribution in [0, 0.1) is 0 Å². The Balaban J connectivity index is 1.79. The molecule has 4 aromatic rings. The van der Waals surface area contributed by atoms with Crippen molar-refractivity contribution in [2.75, 3.05) is 13.7 Å². The number of carbonyl (C=O) groups is 1. The molecule has 0 spiro atoms. The van der Waals surface area contributed by atoms with E-state index in [0.717, 1.165) is 16.3 Å². The second-order valence-corrected chi connectivity index (χ2v) is 9.84. The van der Waals surface area contributed by atoms with Crippen LogP contribution in [0.5, 0.6) is 11.5 Å². The number of aromatic hydroxyl groups is 1. The van der Waals surface area contributed by atoms with Crippen LogP contribution in [0.3, 0.4) is 0 Å². The number of hydrogen-bond donors (Lipinski definition) is 1. The lowest BCUT2D eigenvalue weighted by Crippen LogP contribution is -2.40. The van der Waals surface area contributed by atoms with Gasteiger partial charge in [-0.05, 0) is 54.0 Å². The average Bonchev–Trinajstić information content (AvgIpc) is 3.19. The third kappa shape index (κ3) is 4.32. The highest BCUT2D eigenvalue weighted by molar-refractivity contribution is 7.07. The van der Waals surface area contributed by atoms with E-state index in [0.29, 0.717) is 26.2 Å². The second-order valence-electron chi connectivity index (χ2n) is 8.42. The van der Waals surface area contributed by atoms with E-state index in [1.54, 1.807) is 36.6 Å². The lowest BCUT2D eigenvalue weighted by molar-refractivity contribution is -0.139. The molecule has 0 unspecified atom stereocenters. The number of methoxy groups -OCH3 is 1. The van der Waals surface area contributed by atoms with Crippen molar-refractivity contribution in [2.45, 2.75) is 19.9 Å². The van der Waals surface area contributed by atoms with Crippen LogP contribution < -0.4 is 19.6 Å². The number of hydrogen-bond acceptors (Lipinski definition) is 7. The lowest BCUT2D eigenvalue weighted by Gasteiger charge is -2.25. The zero-order chi connectivity index (χ0) is 26.3. The van der Waals surface area contributed by atoms with Crippen molar-refractivity contribution >= 4 is 45.8 Å². The lowest BCUT2D eigenvalue weighted by atomic mass is 9.91. The van der Waals surface area contributed by atoms with Crippen LogP contribution in [0.25, 0.3) is 16.8 Å². The van der Waals surface area contributed by atoms with Gasteiger partial charge >= 0.3 is 5.97 Å². The summed E-state index contributed by atoms with van der Waals surface area (Å²) in [6.07, 6.45) is 1.67. The van der Waals surface area contributed by atoms with Crippen molar-refractivity contribution in [1.82, 2.24) is 4.57 Å². The number of benzene rings is 3. The number of nitrogens with zero attached hydrogens (tertiary/aromatic N) is 2. The number of allylic oxidation sites excluding steroid dienone is 1. The van der Waals surface area contributed by atoms with Crippen LogP contribution in [0.15, 0.2) is 75.7 Å². The van der Waals surface area contributed by atoms with Gasteiger partial charge in [0.15, 0.2) is 16.3 Å². The highest BCUT2D eigenvalue weighted by atomic mass is 35.5. The van der Waals surface area contributed by atoms with Gasteiger partial charge in [0.25, 0.3) is 5.56 Å². The largest absolute Gasteiger partial charge is 0.503 e. The monoisotopic (exact) mass is 534 g/mol. The molecule has 3 aromatic carbocycles. The summed E-state index contributed by atoms with van der Waals surface area (Å²) in [5.74, 6) is -0.486. The first kappa shape index (κ1) is 24.8. The average molecular weight is 535 g/mol. The van der Waals surface area contributed by atoms with Crippen molar-refractivity contribution in [1.29, 1.82) is 0 Å². The minimum absolute atomic E-state index is 0.104. The summed E-state index contributed by atoms with van der Waals surface area (Å²) in [5, 5.41) is 12.1. The van der Waals surface area contributed by atoms with Crippen LogP contribution in [-0.2, 0) is 9.53 Å². The second kappa shape index (κ2) is 9.88. The van der Waals surface area contributed by atoms with Gasteiger partial charge in [-0.1, -0.05) is 65.4 Å². The van der Waals surface area contributed by atoms with E-state index in [2.05, 4.69) is 4.99 Å². The SMILES string of the molecule is CCOC(=O)C1=C(C)N=c2s/c(=C/c3cc(Cl)c(O)c(OC)c3)c(=O)n2[C@@H]1c1cccc2ccccc12. The summed E-state index contributed by atoms with van der Waals surface area (Å²) in [6, 6.07) is 16.1. The number of halogens is 1. The number of esters is 1. The van der Waals surface area contributed by atoms with Gasteiger partial charge in [-0.15, -0.1) is 0 Å². The van der Waals surface area contributed by atoms with E-state index < -0.39 is 12.0 Å². The van der Waals surface area contributed by atoms with Gasteiger partial charge in [-0.3, -0.25) is 9.36 Å². The molecule has 0 saturated carbocycles. The Morgan fingerprint density at radius 1 is 1.22 bits per heavy atom. The van der Waals surface area contributed by atoms with Gasteiger partial charge < -0.3 is 14.6 Å². The molecule has 7 nitrogen and oxygen atoms in total. The number of aromatic nitrogens is 1. The van der Waals surface area contributed by atoms with Gasteiger partial charge in [0.05, 0.1) is 40.6 Å². The summed E-state index contributed by atoms with van der Waals surface area (Å²) in [6.45, 7) is 3.70. The predicted octanol–water partition coefficient (Wildman–Crippen LogP) is 4.32. The summed E-state index contributed by atoms with van der Waals surface area (Å²) in [7, 11) is 1.42. The molecular formula is C28H23ClN2O5S. The van der Waals surface area contributed by atoms with Crippen molar-refractivity contribution < 1.29 is 19.4 Å². The molecule has 1 aliphatic heterocycles. The first-order valence-electron chi connectivity index (χ1n) is 11.6. The van der Waals surface area contributed by atoms with E-state index in [9.17, 15) is 14.7 Å². The molecule has 1 aromatic heterocycles. The van der Waals surface area contributed by atoms with Crippen molar-refractivity contribution in [3.63, 3.8) is 0 Å². The van der Waals surface area contributed by atoms with Crippen molar-refractivity contribution in [3.8, 4) is 11.5 Å². The number of ether oxygens (including phenoxy) is 2. The van der Waals surface area contributed by atoms with E-state index in [-0.39, 0.29) is 28.7 Å². The summed E-state index contributed by atoms with van der Waals surface area (Å²) in [4.78, 5) is 32.1. The maximum atomic E-state index is 13.9. The maximum absolute atomic E-state index is 13.9. The molecule has 188 valence electrons. The van der Waals surface area contributed by atoms with E-state index in [1.165, 1.54) is 18.4 Å². The zero-order valence-corrected chi connectivity index (χ0v) is 21.9. The molecule has 9 heteroatoms. The highest BCUT2D eigenvalue weighted by Gasteiger charge is 2.34. The molecule has 0 amide bonds. The zero-order valence-electron chi connectivity index (χ0n) is 20.3. The molecule has 0 radical (unpaired) electrons. The number of fused-ring (bicyclic) bond motifs is 2. The minimum atomic E-state index is -0.721. The minimum Gasteiger partial charge on any atom is -0.503 e. The topological polar surface area (TPSA) is 90.1 Å². The highest BCUT2D eigenvalue weighted by Crippen LogP contribution is 2.36. The number of phenols is 1. The van der Waals surface area contributed by atoms with Crippen LogP contribution in [0.4, 0.5) is 0 Å². The summed E-state index contributed by atoms with van der Waals surface area (Å²) >= 11 is 7.37. The van der Waals surface area contributed by atoms with Crippen LogP contribution in [0.1, 0.15) is 31.0 Å². The normalized spacial score (nSPS) is 15.5. The molecule has 37 heavy (non-hydrogen) atoms. The van der Waals surface area contributed by atoms with Gasteiger partial charge in [-0.2, -0.15) is 0 Å². The van der Waals surface area contributed by atoms with Crippen molar-refractivity contribution in [2.24, 2.45) is 4.99 Å². The molecule has 5 rings (SSSR count). The Morgan fingerprint density at radius 2 is 1.97 bits per heavy atom. The Bertz CT molecular complexity index is 1760. The molecule has 0 saturated heterocycles. The third-order valence-electron chi connectivity index (χ3n) is 6.20. The fraction of sp³-hybridized carbons (Fsp3) is 0.179. The molecule has 1 aliphatic rings. The quantitative estimate of drug-likeness (QED) is 0.385. The van der Waals surface area contributed by atoms with Crippen LogP contribution >= 0.6 is 22.9 Å². The third-order valence-corrected chi connectivity index (χ3v) is 7.47. The van der Waals surface area contributed by atoms with Gasteiger partial charge in [0.2, 0.25) is 0 Å². The van der Waals surface area contributed by atoms with Crippen LogP contribution in [-0.4, -0.2) is 29.4 Å². The fourth-order valence-corrected chi connectivity index (χ4v) is 5.82. The first-order chi connectivity index (χ1) is 17.8. The Kier molecular flexibility index (Phi) is 6.62. The first-order valence-corrected chi connectivity index (χ1v) is 12.8. The summed E-state index contributed by atoms with van der Waals surface area (Å²) in [5.41, 5.74) is 1.90. The van der Waals surface area contributed by atoms with Gasteiger partial charge in [-0.25, -0.2) is 9.79 Å². The van der Waals surface area contributed by atoms with E-state index in [4.69, 9.17) is 21.1 Å². The summed E-state index contributed by atoms with van der Waals surface area (Å²) < 4.78 is 12.5. The molecule has 1 N–H and O–H groups in total. The van der Waals surface area contributed by atoms with Gasteiger partial charge in [0, 0.05) is 0 Å². The molecule has 1 atom stereocenters. The number of thiazole rings is 1. The molecule has 2 heterocycles. The molecular weight excluding hydrogens is 512 g/mol. The van der Waals surface area contributed by atoms with E-state index in [1.807, 2.05) is 42.5 Å². The molecule has 0 aliphatic carbocycles. The molecule has 0 fully saturated rings. The molecule has 0 bridgehead atoms. The van der Waals surface area contributed by atoms with Gasteiger partial charge in [0.1, 0.15) is 0 Å². The Hall–Kier alpha value is -3.88. The predicted molar refractivity (Wildman–Crippen MR) is 144 cm³/mol. The standard InChI is InChI=1S/C28H23ClN2O5S/c1-4-36-27(34)23-15(2)30-28-31(24(23)19-11-7-9-17-8-5-6-10-18(17)19)26(33)22(37-28)14-16-12-20(29)25(32)21(13-16)35-3/h5-14,24,32H,4H2,1-3H3/b22-14+/t24-/m1/s1.